The molecule has 17 heavy (non-hydrogen) atoms. The highest BCUT2D eigenvalue weighted by Gasteiger charge is 2.38. The number of halogens is 1. The van der Waals surface area contributed by atoms with Crippen molar-refractivity contribution in [3.05, 3.63) is 0 Å². The van der Waals surface area contributed by atoms with Crippen molar-refractivity contribution in [2.24, 2.45) is 0 Å². The van der Waals surface area contributed by atoms with Crippen molar-refractivity contribution in [1.29, 1.82) is 0 Å². The summed E-state index contributed by atoms with van der Waals surface area (Å²) in [5.41, 5.74) is 0. The van der Waals surface area contributed by atoms with Gasteiger partial charge in [-0.15, -0.1) is 0 Å². The van der Waals surface area contributed by atoms with Crippen LogP contribution in [0.15, 0.2) is 0 Å². The van der Waals surface area contributed by atoms with Crippen LogP contribution in [0.1, 0.15) is 38.5 Å². The van der Waals surface area contributed by atoms with E-state index in [0.29, 0.717) is 4.95 Å². The highest BCUT2D eigenvalue weighted by atomic mass is 79.9. The quantitative estimate of drug-likeness (QED) is 0.449. The minimum Gasteiger partial charge on any atom is -0.257 e. The fourth-order valence-corrected chi connectivity index (χ4v) is 7.14. The van der Waals surface area contributed by atoms with Gasteiger partial charge in [0.15, 0.2) is 0 Å². The third kappa shape index (κ3) is 2.71. The second-order valence-corrected chi connectivity index (χ2v) is 8.57. The van der Waals surface area contributed by atoms with Crippen LogP contribution in [0.3, 0.4) is 0 Å². The van der Waals surface area contributed by atoms with E-state index in [1.54, 1.807) is 0 Å². The topological polar surface area (TPSA) is 9.72 Å². The van der Waals surface area contributed by atoms with Gasteiger partial charge in [-0.3, -0.25) is 9.34 Å². The molecular formula is C12H23BrN3P. The van der Waals surface area contributed by atoms with Gasteiger partial charge >= 0.3 is 0 Å². The predicted octanol–water partition coefficient (Wildman–Crippen LogP) is 3.22. The minimum atomic E-state index is -0.150. The Bertz CT molecular complexity index is 238. The van der Waals surface area contributed by atoms with Crippen molar-refractivity contribution < 1.29 is 0 Å². The molecule has 0 spiro atoms. The van der Waals surface area contributed by atoms with Crippen LogP contribution in [-0.2, 0) is 0 Å². The Morgan fingerprint density at radius 2 is 1.29 bits per heavy atom. The Labute approximate surface area is 115 Å². The normalized spacial score (nSPS) is 33.2. The van der Waals surface area contributed by atoms with Crippen LogP contribution in [0.4, 0.5) is 0 Å². The lowest BCUT2D eigenvalue weighted by atomic mass is 10.4. The number of rotatable bonds is 3. The number of hydrogen-bond acceptors (Lipinski definition) is 3. The second kappa shape index (κ2) is 5.83. The average Bonchev–Trinajstić information content (AvgIpc) is 3.04. The molecule has 0 aromatic rings. The number of hydrogen-bond donors (Lipinski definition) is 0. The van der Waals surface area contributed by atoms with E-state index in [9.17, 15) is 0 Å². The van der Waals surface area contributed by atoms with Gasteiger partial charge in [-0.1, -0.05) is 15.9 Å². The molecule has 3 rings (SSSR count). The van der Waals surface area contributed by atoms with E-state index >= 15 is 0 Å². The molecule has 0 aromatic heterocycles. The largest absolute Gasteiger partial charge is 0.257 e. The summed E-state index contributed by atoms with van der Waals surface area (Å²) in [4.78, 5) is 0.634. The summed E-state index contributed by atoms with van der Waals surface area (Å²) >= 11 is 3.89. The van der Waals surface area contributed by atoms with Crippen LogP contribution in [0.25, 0.3) is 0 Å². The van der Waals surface area contributed by atoms with Crippen LogP contribution in [0, 0.1) is 0 Å². The van der Waals surface area contributed by atoms with E-state index in [-0.39, 0.29) is 8.37 Å². The first-order chi connectivity index (χ1) is 8.36. The van der Waals surface area contributed by atoms with Gasteiger partial charge in [0, 0.05) is 32.7 Å². The van der Waals surface area contributed by atoms with Crippen LogP contribution in [-0.4, -0.2) is 51.7 Å². The summed E-state index contributed by atoms with van der Waals surface area (Å²) in [7, 11) is -0.150. The predicted molar refractivity (Wildman–Crippen MR) is 77.2 cm³/mol. The molecule has 3 aliphatic rings. The van der Waals surface area contributed by atoms with E-state index in [0.717, 1.165) is 0 Å². The maximum atomic E-state index is 3.89. The van der Waals surface area contributed by atoms with E-state index < -0.39 is 0 Å². The highest BCUT2D eigenvalue weighted by molar-refractivity contribution is 9.09. The monoisotopic (exact) mass is 319 g/mol. The maximum absolute atomic E-state index is 3.89. The van der Waals surface area contributed by atoms with Crippen molar-refractivity contribution in [1.82, 2.24) is 14.0 Å². The van der Waals surface area contributed by atoms with Crippen molar-refractivity contribution in [3.63, 3.8) is 0 Å². The maximum Gasteiger partial charge on any atom is 0.121 e. The van der Waals surface area contributed by atoms with Gasteiger partial charge < -0.3 is 0 Å². The SMILES string of the molecule is BrC1CCCN1P(N1CCCC1)N1CCCC1. The van der Waals surface area contributed by atoms with E-state index in [2.05, 4.69) is 29.9 Å². The lowest BCUT2D eigenvalue weighted by molar-refractivity contribution is 0.389. The Morgan fingerprint density at radius 3 is 1.71 bits per heavy atom. The summed E-state index contributed by atoms with van der Waals surface area (Å²) in [5.74, 6) is 0. The standard InChI is InChI=1S/C12H23BrN3P/c13-12-6-5-11-16(12)17(14-7-1-2-8-14)15-9-3-4-10-15/h12H,1-11H2. The molecule has 0 saturated carbocycles. The summed E-state index contributed by atoms with van der Waals surface area (Å²) in [6.45, 7) is 6.63. The lowest BCUT2D eigenvalue weighted by Gasteiger charge is -2.41. The van der Waals surface area contributed by atoms with Crippen molar-refractivity contribution >= 4 is 24.3 Å². The summed E-state index contributed by atoms with van der Waals surface area (Å²) in [6, 6.07) is 0. The van der Waals surface area contributed by atoms with Crippen molar-refractivity contribution in [3.8, 4) is 0 Å². The van der Waals surface area contributed by atoms with E-state index in [1.165, 1.54) is 71.2 Å². The molecule has 0 N–H and O–H groups in total. The fourth-order valence-electron chi connectivity index (χ4n) is 3.17. The summed E-state index contributed by atoms with van der Waals surface area (Å²) in [5, 5.41) is 0. The van der Waals surface area contributed by atoms with Gasteiger partial charge in [0.05, 0.1) is 4.95 Å². The summed E-state index contributed by atoms with van der Waals surface area (Å²) < 4.78 is 8.31. The van der Waals surface area contributed by atoms with Crippen LogP contribution >= 0.6 is 24.3 Å². The molecule has 0 bridgehead atoms. The molecule has 3 saturated heterocycles. The first-order valence-corrected chi connectivity index (χ1v) is 9.18. The molecule has 3 heterocycles. The Hall–Kier alpha value is 0.790. The van der Waals surface area contributed by atoms with Crippen molar-refractivity contribution in [2.45, 2.75) is 43.5 Å². The molecule has 3 aliphatic heterocycles. The third-order valence-corrected chi connectivity index (χ3v) is 8.07. The fraction of sp³-hybridized carbons (Fsp3) is 1.00. The Balaban J connectivity index is 1.74. The first kappa shape index (κ1) is 12.8. The highest BCUT2D eigenvalue weighted by Crippen LogP contribution is 2.54. The zero-order chi connectivity index (χ0) is 11.7. The number of alkyl halides is 1. The molecule has 3 nitrogen and oxygen atoms in total. The molecule has 5 heteroatoms. The second-order valence-electron chi connectivity index (χ2n) is 5.33. The molecule has 0 aromatic carbocycles. The third-order valence-electron chi connectivity index (χ3n) is 4.05. The van der Waals surface area contributed by atoms with Gasteiger partial charge in [-0.05, 0) is 38.5 Å². The lowest BCUT2D eigenvalue weighted by Crippen LogP contribution is -2.36. The molecule has 0 aliphatic carbocycles. The molecule has 0 amide bonds. The van der Waals surface area contributed by atoms with Crippen LogP contribution in [0.2, 0.25) is 0 Å². The van der Waals surface area contributed by atoms with Crippen LogP contribution < -0.4 is 0 Å². The van der Waals surface area contributed by atoms with E-state index in [1.807, 2.05) is 0 Å². The van der Waals surface area contributed by atoms with Crippen molar-refractivity contribution in [2.75, 3.05) is 32.7 Å². The zero-order valence-corrected chi connectivity index (χ0v) is 13.0. The molecule has 1 unspecified atom stereocenters. The van der Waals surface area contributed by atoms with Gasteiger partial charge in [0.2, 0.25) is 0 Å². The molecular weight excluding hydrogens is 297 g/mol. The average molecular weight is 320 g/mol. The molecule has 0 radical (unpaired) electrons. The smallest absolute Gasteiger partial charge is 0.121 e. The van der Waals surface area contributed by atoms with Gasteiger partial charge in [-0.25, -0.2) is 4.67 Å². The first-order valence-electron chi connectivity index (χ1n) is 7.07. The Kier molecular flexibility index (Phi) is 4.39. The molecule has 98 valence electrons. The van der Waals surface area contributed by atoms with E-state index in [4.69, 9.17) is 0 Å². The zero-order valence-electron chi connectivity index (χ0n) is 10.5. The molecule has 1 atom stereocenters. The Morgan fingerprint density at radius 1 is 0.765 bits per heavy atom. The van der Waals surface area contributed by atoms with Gasteiger partial charge in [0.25, 0.3) is 0 Å². The van der Waals surface area contributed by atoms with Gasteiger partial charge in [0.1, 0.15) is 8.37 Å². The summed E-state index contributed by atoms with van der Waals surface area (Å²) in [6.07, 6.45) is 8.35. The van der Waals surface area contributed by atoms with Crippen LogP contribution in [0.5, 0.6) is 0 Å². The number of nitrogens with zero attached hydrogens (tertiary/aromatic N) is 3. The minimum absolute atomic E-state index is 0.150. The van der Waals surface area contributed by atoms with Gasteiger partial charge in [-0.2, -0.15) is 0 Å². The molecule has 3 fully saturated rings.